The van der Waals surface area contributed by atoms with Crippen molar-refractivity contribution in [3.05, 3.63) is 19.2 Å². The molecule has 0 saturated carbocycles. The van der Waals surface area contributed by atoms with Crippen molar-refractivity contribution in [3.63, 3.8) is 0 Å². The Kier molecular flexibility index (Phi) is 6.92. The highest BCUT2D eigenvalue weighted by atomic mass is 79.9. The molecule has 0 aliphatic heterocycles. The maximum Gasteiger partial charge on any atom is 0.190 e. The first-order valence-electron chi connectivity index (χ1n) is 5.56. The van der Waals surface area contributed by atoms with E-state index in [1.807, 2.05) is 6.07 Å². The first-order valence-corrected chi connectivity index (χ1v) is 7.96. The van der Waals surface area contributed by atoms with Crippen molar-refractivity contribution in [2.75, 3.05) is 13.2 Å². The average molecular weight is 384 g/mol. The second kappa shape index (κ2) is 7.67. The van der Waals surface area contributed by atoms with Crippen molar-refractivity contribution in [1.82, 2.24) is 0 Å². The molecule has 0 bridgehead atoms. The van der Waals surface area contributed by atoms with Gasteiger partial charge in [-0.3, -0.25) is 4.79 Å². The van der Waals surface area contributed by atoms with Gasteiger partial charge in [-0.2, -0.15) is 0 Å². The van der Waals surface area contributed by atoms with Crippen LogP contribution in [0.4, 0.5) is 0 Å². The fourth-order valence-corrected chi connectivity index (χ4v) is 4.22. The Labute approximate surface area is 123 Å². The number of ketones is 1. The zero-order valence-corrected chi connectivity index (χ0v) is 14.0. The van der Waals surface area contributed by atoms with Crippen molar-refractivity contribution >= 4 is 49.0 Å². The maximum absolute atomic E-state index is 11.8. The van der Waals surface area contributed by atoms with Crippen LogP contribution in [0.2, 0.25) is 0 Å². The number of rotatable bonds is 7. The number of hydrogen-bond donors (Lipinski definition) is 0. The summed E-state index contributed by atoms with van der Waals surface area (Å²) in [6, 6.07) is 1.83. The third-order valence-corrected chi connectivity index (χ3v) is 4.60. The van der Waals surface area contributed by atoms with Crippen LogP contribution in [0.1, 0.15) is 37.0 Å². The topological polar surface area (TPSA) is 26.3 Å². The molecule has 0 aliphatic carbocycles. The van der Waals surface area contributed by atoms with E-state index in [1.165, 1.54) is 11.3 Å². The second-order valence-corrected chi connectivity index (χ2v) is 8.00. The molecule has 96 valence electrons. The van der Waals surface area contributed by atoms with Gasteiger partial charge in [0.25, 0.3) is 0 Å². The fourth-order valence-electron chi connectivity index (χ4n) is 1.37. The van der Waals surface area contributed by atoms with E-state index in [0.717, 1.165) is 20.4 Å². The van der Waals surface area contributed by atoms with Crippen molar-refractivity contribution < 1.29 is 9.53 Å². The summed E-state index contributed by atoms with van der Waals surface area (Å²) in [5, 5.41) is 0. The molecule has 0 radical (unpaired) electrons. The molecule has 5 heteroatoms. The number of hydrogen-bond acceptors (Lipinski definition) is 3. The summed E-state index contributed by atoms with van der Waals surface area (Å²) in [5.41, 5.74) is 0.700. The number of carbonyl (C=O) groups excluding carboxylic acids is 1. The van der Waals surface area contributed by atoms with E-state index < -0.39 is 0 Å². The van der Waals surface area contributed by atoms with Gasteiger partial charge < -0.3 is 4.74 Å². The third-order valence-electron chi connectivity index (χ3n) is 2.26. The molecule has 2 nitrogen and oxygen atoms in total. The van der Waals surface area contributed by atoms with E-state index in [4.69, 9.17) is 4.74 Å². The van der Waals surface area contributed by atoms with Gasteiger partial charge in [-0.25, -0.2) is 0 Å². The molecule has 0 saturated heterocycles. The fraction of sp³-hybridized carbons (Fsp3) is 0.583. The first-order chi connectivity index (χ1) is 8.00. The van der Waals surface area contributed by atoms with Crippen LogP contribution >= 0.6 is 43.2 Å². The summed E-state index contributed by atoms with van der Waals surface area (Å²) in [6.07, 6.45) is 2.15. The molecule has 17 heavy (non-hydrogen) atoms. The van der Waals surface area contributed by atoms with Crippen LogP contribution in [-0.2, 0) is 4.74 Å². The average Bonchev–Trinajstić information content (AvgIpc) is 2.56. The standard InChI is InChI=1S/C12H16Br2O2S/c1-8(2)4-3-5-16-7-10(15)9-6-11(13)17-12(9)14/h6,8H,3-5,7H2,1-2H3. The van der Waals surface area contributed by atoms with E-state index in [2.05, 4.69) is 45.7 Å². The lowest BCUT2D eigenvalue weighted by Crippen LogP contribution is -2.09. The van der Waals surface area contributed by atoms with Crippen LogP contribution in [-0.4, -0.2) is 19.0 Å². The van der Waals surface area contributed by atoms with Crippen LogP contribution in [0, 0.1) is 5.92 Å². The molecule has 0 amide bonds. The lowest BCUT2D eigenvalue weighted by molar-refractivity contribution is 0.0749. The molecular weight excluding hydrogens is 368 g/mol. The Morgan fingerprint density at radius 3 is 2.71 bits per heavy atom. The highest BCUT2D eigenvalue weighted by Gasteiger charge is 2.13. The third kappa shape index (κ3) is 5.64. The zero-order chi connectivity index (χ0) is 12.8. The summed E-state index contributed by atoms with van der Waals surface area (Å²) in [5.74, 6) is 0.722. The van der Waals surface area contributed by atoms with Gasteiger partial charge in [0.1, 0.15) is 6.61 Å². The largest absolute Gasteiger partial charge is 0.373 e. The molecule has 1 heterocycles. The quantitative estimate of drug-likeness (QED) is 0.494. The zero-order valence-electron chi connectivity index (χ0n) is 9.96. The number of carbonyl (C=O) groups is 1. The number of halogens is 2. The normalized spacial score (nSPS) is 11.1. The lowest BCUT2D eigenvalue weighted by Gasteiger charge is -2.05. The molecule has 0 unspecified atom stereocenters. The minimum absolute atomic E-state index is 0.0309. The minimum atomic E-state index is 0.0309. The van der Waals surface area contributed by atoms with Crippen molar-refractivity contribution in [3.8, 4) is 0 Å². The highest BCUT2D eigenvalue weighted by Crippen LogP contribution is 2.32. The number of thiophene rings is 1. The lowest BCUT2D eigenvalue weighted by atomic mass is 10.1. The van der Waals surface area contributed by atoms with Crippen molar-refractivity contribution in [2.24, 2.45) is 5.92 Å². The van der Waals surface area contributed by atoms with E-state index in [0.29, 0.717) is 18.1 Å². The highest BCUT2D eigenvalue weighted by molar-refractivity contribution is 9.12. The van der Waals surface area contributed by atoms with E-state index in [9.17, 15) is 4.79 Å². The second-order valence-electron chi connectivity index (χ2n) is 4.25. The molecule has 0 atom stereocenters. The molecule has 1 aromatic heterocycles. The molecule has 0 aliphatic rings. The van der Waals surface area contributed by atoms with Gasteiger partial charge in [0.2, 0.25) is 0 Å². The van der Waals surface area contributed by atoms with Crippen LogP contribution in [0.25, 0.3) is 0 Å². The van der Waals surface area contributed by atoms with Crippen LogP contribution < -0.4 is 0 Å². The van der Waals surface area contributed by atoms with Crippen LogP contribution in [0.15, 0.2) is 13.6 Å². The van der Waals surface area contributed by atoms with Crippen LogP contribution in [0.3, 0.4) is 0 Å². The monoisotopic (exact) mass is 382 g/mol. The molecule has 1 rings (SSSR count). The van der Waals surface area contributed by atoms with Gasteiger partial charge in [-0.05, 0) is 56.7 Å². The summed E-state index contributed by atoms with van der Waals surface area (Å²) in [4.78, 5) is 11.8. The molecule has 0 N–H and O–H groups in total. The Hall–Kier alpha value is 0.290. The van der Waals surface area contributed by atoms with Gasteiger partial charge in [0.15, 0.2) is 5.78 Å². The number of Topliss-reactive ketones (excluding diaryl/α,β-unsaturated/α-hetero) is 1. The predicted octanol–water partition coefficient (Wildman–Crippen LogP) is 4.91. The molecule has 1 aromatic rings. The minimum Gasteiger partial charge on any atom is -0.373 e. The Morgan fingerprint density at radius 2 is 2.18 bits per heavy atom. The molecule has 0 aromatic carbocycles. The van der Waals surface area contributed by atoms with Gasteiger partial charge >= 0.3 is 0 Å². The predicted molar refractivity (Wildman–Crippen MR) is 78.9 cm³/mol. The Morgan fingerprint density at radius 1 is 1.47 bits per heavy atom. The van der Waals surface area contributed by atoms with Crippen molar-refractivity contribution in [2.45, 2.75) is 26.7 Å². The Balaban J connectivity index is 2.28. The molecule has 0 spiro atoms. The van der Waals surface area contributed by atoms with Gasteiger partial charge in [-0.1, -0.05) is 13.8 Å². The van der Waals surface area contributed by atoms with Gasteiger partial charge in [-0.15, -0.1) is 11.3 Å². The SMILES string of the molecule is CC(C)CCCOCC(=O)c1cc(Br)sc1Br. The molecule has 0 fully saturated rings. The van der Waals surface area contributed by atoms with E-state index in [1.54, 1.807) is 0 Å². The summed E-state index contributed by atoms with van der Waals surface area (Å²) in [6.45, 7) is 5.20. The van der Waals surface area contributed by atoms with Crippen molar-refractivity contribution in [1.29, 1.82) is 0 Å². The summed E-state index contributed by atoms with van der Waals surface area (Å²) >= 11 is 8.23. The maximum atomic E-state index is 11.8. The van der Waals surface area contributed by atoms with Crippen LogP contribution in [0.5, 0.6) is 0 Å². The van der Waals surface area contributed by atoms with Gasteiger partial charge in [0.05, 0.1) is 7.57 Å². The number of ether oxygens (including phenoxy) is 1. The summed E-state index contributed by atoms with van der Waals surface area (Å²) < 4.78 is 7.20. The van der Waals surface area contributed by atoms with E-state index in [-0.39, 0.29) is 12.4 Å². The van der Waals surface area contributed by atoms with E-state index >= 15 is 0 Å². The first kappa shape index (κ1) is 15.3. The van der Waals surface area contributed by atoms with Gasteiger partial charge in [0, 0.05) is 12.2 Å². The Bertz CT molecular complexity index is 375. The smallest absolute Gasteiger partial charge is 0.190 e. The molecular formula is C12H16Br2O2S. The summed E-state index contributed by atoms with van der Waals surface area (Å²) in [7, 11) is 0.